The maximum absolute atomic E-state index is 5.69. The van der Waals surface area contributed by atoms with Gasteiger partial charge in [0.05, 0.1) is 23.6 Å². The predicted octanol–water partition coefficient (Wildman–Crippen LogP) is 0.920. The van der Waals surface area contributed by atoms with Gasteiger partial charge in [-0.05, 0) is 26.0 Å². The van der Waals surface area contributed by atoms with Gasteiger partial charge >= 0.3 is 0 Å². The van der Waals surface area contributed by atoms with Crippen LogP contribution in [0.25, 0.3) is 0 Å². The number of hydrogen-bond donors (Lipinski definition) is 1. The molecule has 15 heavy (non-hydrogen) atoms. The van der Waals surface area contributed by atoms with E-state index in [2.05, 4.69) is 15.1 Å². The van der Waals surface area contributed by atoms with E-state index in [-0.39, 0.29) is 0 Å². The summed E-state index contributed by atoms with van der Waals surface area (Å²) < 4.78 is 1.76. The van der Waals surface area contributed by atoms with E-state index in [1.807, 2.05) is 26.0 Å². The van der Waals surface area contributed by atoms with Crippen LogP contribution >= 0.6 is 0 Å². The van der Waals surface area contributed by atoms with Crippen LogP contribution in [0.15, 0.2) is 18.5 Å². The summed E-state index contributed by atoms with van der Waals surface area (Å²) in [6.45, 7) is 4.38. The third kappa shape index (κ3) is 2.12. The number of pyridine rings is 1. The minimum Gasteiger partial charge on any atom is -0.397 e. The summed E-state index contributed by atoms with van der Waals surface area (Å²) in [7, 11) is 0. The molecule has 0 aromatic carbocycles. The molecule has 0 radical (unpaired) electrons. The van der Waals surface area contributed by atoms with Crippen molar-refractivity contribution in [3.05, 3.63) is 35.7 Å². The molecular weight excluding hydrogens is 190 g/mol. The molecule has 0 bridgehead atoms. The van der Waals surface area contributed by atoms with Crippen LogP contribution < -0.4 is 5.73 Å². The maximum Gasteiger partial charge on any atom is 0.147 e. The zero-order valence-electron chi connectivity index (χ0n) is 8.81. The van der Waals surface area contributed by atoms with Crippen molar-refractivity contribution in [2.45, 2.75) is 20.4 Å². The molecule has 2 rings (SSSR count). The first-order valence-corrected chi connectivity index (χ1v) is 4.73. The van der Waals surface area contributed by atoms with Crippen LogP contribution in [0, 0.1) is 13.8 Å². The highest BCUT2D eigenvalue weighted by atomic mass is 15.3. The largest absolute Gasteiger partial charge is 0.397 e. The Labute approximate surface area is 88.0 Å². The Balaban J connectivity index is 2.21. The van der Waals surface area contributed by atoms with Gasteiger partial charge in [0.1, 0.15) is 12.2 Å². The van der Waals surface area contributed by atoms with E-state index in [1.54, 1.807) is 11.0 Å². The molecule has 0 saturated heterocycles. The summed E-state index contributed by atoms with van der Waals surface area (Å²) in [5.41, 5.74) is 8.19. The summed E-state index contributed by atoms with van der Waals surface area (Å²) in [5, 5.41) is 4.19. The lowest BCUT2D eigenvalue weighted by Crippen LogP contribution is -2.04. The van der Waals surface area contributed by atoms with Crippen molar-refractivity contribution in [2.75, 3.05) is 5.73 Å². The Morgan fingerprint density at radius 3 is 2.73 bits per heavy atom. The monoisotopic (exact) mass is 203 g/mol. The van der Waals surface area contributed by atoms with E-state index in [4.69, 9.17) is 5.73 Å². The summed E-state index contributed by atoms with van der Waals surface area (Å²) in [6.07, 6.45) is 1.70. The van der Waals surface area contributed by atoms with Crippen LogP contribution in [0.3, 0.4) is 0 Å². The zero-order valence-corrected chi connectivity index (χ0v) is 8.81. The van der Waals surface area contributed by atoms with Gasteiger partial charge in [-0.1, -0.05) is 0 Å². The molecule has 2 N–H and O–H groups in total. The van der Waals surface area contributed by atoms with Crippen molar-refractivity contribution >= 4 is 5.69 Å². The van der Waals surface area contributed by atoms with Crippen LogP contribution in [0.1, 0.15) is 17.2 Å². The van der Waals surface area contributed by atoms with E-state index in [0.717, 1.165) is 17.2 Å². The molecule has 2 aromatic heterocycles. The van der Waals surface area contributed by atoms with E-state index < -0.39 is 0 Å². The smallest absolute Gasteiger partial charge is 0.147 e. The Morgan fingerprint density at radius 1 is 1.33 bits per heavy atom. The lowest BCUT2D eigenvalue weighted by atomic mass is 10.3. The Bertz CT molecular complexity index is 474. The third-order valence-corrected chi connectivity index (χ3v) is 2.16. The van der Waals surface area contributed by atoms with Crippen molar-refractivity contribution in [3.8, 4) is 0 Å². The Morgan fingerprint density at radius 2 is 2.13 bits per heavy atom. The van der Waals surface area contributed by atoms with E-state index in [0.29, 0.717) is 12.2 Å². The first kappa shape index (κ1) is 9.64. The topological polar surface area (TPSA) is 69.6 Å². The number of anilines is 1. The van der Waals surface area contributed by atoms with Crippen molar-refractivity contribution in [2.24, 2.45) is 0 Å². The predicted molar refractivity (Wildman–Crippen MR) is 57.2 cm³/mol. The van der Waals surface area contributed by atoms with Crippen LogP contribution in [0.2, 0.25) is 0 Å². The number of nitrogens with zero attached hydrogens (tertiary/aromatic N) is 4. The molecule has 0 aliphatic heterocycles. The van der Waals surface area contributed by atoms with Crippen LogP contribution in [0.5, 0.6) is 0 Å². The van der Waals surface area contributed by atoms with Gasteiger partial charge in [-0.15, -0.1) is 0 Å². The summed E-state index contributed by atoms with van der Waals surface area (Å²) >= 11 is 0. The number of aryl methyl sites for hydroxylation is 2. The summed E-state index contributed by atoms with van der Waals surface area (Å²) in [4.78, 5) is 8.42. The van der Waals surface area contributed by atoms with Gasteiger partial charge in [0.15, 0.2) is 0 Å². The molecule has 0 amide bonds. The molecular formula is C10H13N5. The normalized spacial score (nSPS) is 10.5. The SMILES string of the molecule is Cc1ncn(Cc2ccc(N)c(C)n2)n1. The zero-order chi connectivity index (χ0) is 10.8. The van der Waals surface area contributed by atoms with Gasteiger partial charge < -0.3 is 5.73 Å². The fourth-order valence-electron chi connectivity index (χ4n) is 1.34. The minimum atomic E-state index is 0.627. The molecule has 0 aliphatic carbocycles. The second-order valence-corrected chi connectivity index (χ2v) is 3.47. The Kier molecular flexibility index (Phi) is 2.37. The van der Waals surface area contributed by atoms with Crippen LogP contribution in [-0.2, 0) is 6.54 Å². The van der Waals surface area contributed by atoms with Crippen molar-refractivity contribution in [3.63, 3.8) is 0 Å². The molecule has 2 heterocycles. The fraction of sp³-hybridized carbons (Fsp3) is 0.300. The van der Waals surface area contributed by atoms with Gasteiger partial charge in [-0.3, -0.25) is 4.98 Å². The standard InChI is InChI=1S/C10H13N5/c1-7-10(11)4-3-9(13-7)5-15-6-12-8(2)14-15/h3-4,6H,5,11H2,1-2H3. The fourth-order valence-corrected chi connectivity index (χ4v) is 1.34. The maximum atomic E-state index is 5.69. The number of nitrogen functional groups attached to an aromatic ring is 1. The molecule has 2 aromatic rings. The van der Waals surface area contributed by atoms with Crippen molar-refractivity contribution in [1.82, 2.24) is 19.7 Å². The van der Waals surface area contributed by atoms with Gasteiger partial charge in [0.25, 0.3) is 0 Å². The highest BCUT2D eigenvalue weighted by Crippen LogP contribution is 2.08. The minimum absolute atomic E-state index is 0.627. The average molecular weight is 203 g/mol. The van der Waals surface area contributed by atoms with Gasteiger partial charge in [-0.2, -0.15) is 5.10 Å². The molecule has 5 heteroatoms. The first-order valence-electron chi connectivity index (χ1n) is 4.73. The van der Waals surface area contributed by atoms with E-state index in [1.165, 1.54) is 0 Å². The third-order valence-electron chi connectivity index (χ3n) is 2.16. The van der Waals surface area contributed by atoms with Crippen LogP contribution in [0.4, 0.5) is 5.69 Å². The molecule has 0 aliphatic rings. The number of rotatable bonds is 2. The lowest BCUT2D eigenvalue weighted by Gasteiger charge is -2.03. The highest BCUT2D eigenvalue weighted by molar-refractivity contribution is 5.42. The van der Waals surface area contributed by atoms with Crippen LogP contribution in [-0.4, -0.2) is 19.7 Å². The summed E-state index contributed by atoms with van der Waals surface area (Å²) in [5.74, 6) is 0.766. The van der Waals surface area contributed by atoms with Gasteiger partial charge in [-0.25, -0.2) is 9.67 Å². The van der Waals surface area contributed by atoms with E-state index in [9.17, 15) is 0 Å². The van der Waals surface area contributed by atoms with Gasteiger partial charge in [0.2, 0.25) is 0 Å². The first-order chi connectivity index (χ1) is 7.15. The molecule has 0 atom stereocenters. The molecule has 5 nitrogen and oxygen atoms in total. The number of nitrogens with two attached hydrogens (primary N) is 1. The second kappa shape index (κ2) is 3.68. The average Bonchev–Trinajstić information content (AvgIpc) is 2.58. The number of hydrogen-bond acceptors (Lipinski definition) is 4. The Hall–Kier alpha value is -1.91. The quantitative estimate of drug-likeness (QED) is 0.788. The lowest BCUT2D eigenvalue weighted by molar-refractivity contribution is 0.664. The molecule has 0 unspecified atom stereocenters. The second-order valence-electron chi connectivity index (χ2n) is 3.47. The van der Waals surface area contributed by atoms with Crippen molar-refractivity contribution in [1.29, 1.82) is 0 Å². The molecule has 78 valence electrons. The highest BCUT2D eigenvalue weighted by Gasteiger charge is 2.01. The summed E-state index contributed by atoms with van der Waals surface area (Å²) in [6, 6.07) is 3.76. The molecule has 0 fully saturated rings. The van der Waals surface area contributed by atoms with E-state index >= 15 is 0 Å². The number of aromatic nitrogens is 4. The molecule has 0 saturated carbocycles. The van der Waals surface area contributed by atoms with Gasteiger partial charge in [0, 0.05) is 0 Å². The van der Waals surface area contributed by atoms with Crippen molar-refractivity contribution < 1.29 is 0 Å². The molecule has 0 spiro atoms.